The Hall–Kier alpha value is -1.44. The van der Waals surface area contributed by atoms with Gasteiger partial charge >= 0.3 is 12.0 Å². The van der Waals surface area contributed by atoms with Crippen LogP contribution in [0.25, 0.3) is 0 Å². The second-order valence-electron chi connectivity index (χ2n) is 2.35. The normalized spacial score (nSPS) is 11.4. The number of halogens is 3. The molecule has 0 amide bonds. The fourth-order valence-corrected chi connectivity index (χ4v) is 1.07. The summed E-state index contributed by atoms with van der Waals surface area (Å²) >= 11 is 4.36. The average Bonchev–Trinajstić information content (AvgIpc) is 2.01. The minimum Gasteiger partial charge on any atom is -0.358 e. The Labute approximate surface area is 80.5 Å². The van der Waals surface area contributed by atoms with Crippen LogP contribution in [0.15, 0.2) is 12.3 Å². The van der Waals surface area contributed by atoms with Crippen molar-refractivity contribution in [3.05, 3.63) is 32.5 Å². The van der Waals surface area contributed by atoms with E-state index in [0.717, 1.165) is 0 Å². The summed E-state index contributed by atoms with van der Waals surface area (Å²) in [6.07, 6.45) is -4.11. The van der Waals surface area contributed by atoms with Crippen molar-refractivity contribution in [2.75, 3.05) is 0 Å². The number of nitrogens with one attached hydrogen (secondary N) is 1. The number of H-pyrrole nitrogens is 1. The smallest absolute Gasteiger partial charge is 0.358 e. The minimum absolute atomic E-state index is 0.487. The summed E-state index contributed by atoms with van der Waals surface area (Å²) < 4.78 is 35.8. The summed E-state index contributed by atoms with van der Waals surface area (Å²) in [5, 5.41) is 10.2. The third kappa shape index (κ3) is 2.08. The number of nitro groups is 1. The first-order valence-corrected chi connectivity index (χ1v) is 3.67. The highest BCUT2D eigenvalue weighted by Gasteiger charge is 2.33. The van der Waals surface area contributed by atoms with E-state index in [0.29, 0.717) is 12.3 Å². The van der Waals surface area contributed by atoms with Gasteiger partial charge in [0.1, 0.15) is 11.8 Å². The first-order chi connectivity index (χ1) is 6.32. The molecule has 0 saturated heterocycles. The first-order valence-electron chi connectivity index (χ1n) is 3.26. The Morgan fingerprint density at radius 3 is 2.43 bits per heavy atom. The first kappa shape index (κ1) is 10.6. The number of nitrogens with zero attached hydrogens (tertiary/aromatic N) is 1. The van der Waals surface area contributed by atoms with E-state index in [-0.39, 0.29) is 0 Å². The van der Waals surface area contributed by atoms with Gasteiger partial charge in [0.15, 0.2) is 0 Å². The Kier molecular flexibility index (Phi) is 2.56. The van der Waals surface area contributed by atoms with Gasteiger partial charge in [0.2, 0.25) is 0 Å². The molecule has 0 unspecified atom stereocenters. The largest absolute Gasteiger partial charge is 0.421 e. The molecule has 4 nitrogen and oxygen atoms in total. The number of rotatable bonds is 1. The topological polar surface area (TPSA) is 58.9 Å². The maximum Gasteiger partial charge on any atom is 0.421 e. The van der Waals surface area contributed by atoms with Crippen molar-refractivity contribution in [2.24, 2.45) is 0 Å². The van der Waals surface area contributed by atoms with Crippen LogP contribution in [0.4, 0.5) is 19.0 Å². The van der Waals surface area contributed by atoms with Gasteiger partial charge in [-0.25, -0.2) is 4.98 Å². The van der Waals surface area contributed by atoms with E-state index < -0.39 is 27.0 Å². The van der Waals surface area contributed by atoms with Crippen LogP contribution in [0.2, 0.25) is 0 Å². The van der Waals surface area contributed by atoms with Crippen LogP contribution in [-0.4, -0.2) is 9.91 Å². The SMILES string of the molecule is O=[N+]([O-])c1cc(=S)c(C(F)(F)F)c[nH]1. The second kappa shape index (κ2) is 3.37. The summed E-state index contributed by atoms with van der Waals surface area (Å²) in [6, 6.07) is 0.665. The Balaban J connectivity index is 3.29. The standard InChI is InChI=1S/C6H3F3N2O2S/c7-6(8,9)3-2-10-5(11(12)13)1-4(3)14/h1-2H,(H,10,14). The van der Waals surface area contributed by atoms with Crippen LogP contribution in [0.3, 0.4) is 0 Å². The van der Waals surface area contributed by atoms with Crippen LogP contribution in [0.1, 0.15) is 5.56 Å². The molecule has 0 atom stereocenters. The van der Waals surface area contributed by atoms with Crippen molar-refractivity contribution in [3.8, 4) is 0 Å². The molecule has 76 valence electrons. The molecule has 0 aliphatic carbocycles. The van der Waals surface area contributed by atoms with E-state index in [1.54, 1.807) is 0 Å². The van der Waals surface area contributed by atoms with Crippen LogP contribution < -0.4 is 0 Å². The molecule has 0 spiro atoms. The lowest BCUT2D eigenvalue weighted by Gasteiger charge is -2.04. The molecule has 1 rings (SSSR count). The number of pyridine rings is 1. The highest BCUT2D eigenvalue weighted by molar-refractivity contribution is 7.71. The summed E-state index contributed by atoms with van der Waals surface area (Å²) in [4.78, 5) is 11.2. The highest BCUT2D eigenvalue weighted by atomic mass is 32.1. The predicted octanol–water partition coefficient (Wildman–Crippen LogP) is 2.67. The summed E-state index contributed by atoms with van der Waals surface area (Å²) in [7, 11) is 0. The molecular formula is C6H3F3N2O2S. The van der Waals surface area contributed by atoms with Gasteiger partial charge in [0.05, 0.1) is 10.6 Å². The highest BCUT2D eigenvalue weighted by Crippen LogP contribution is 2.30. The van der Waals surface area contributed by atoms with Crippen LogP contribution in [0.5, 0.6) is 0 Å². The molecule has 1 heterocycles. The molecule has 8 heteroatoms. The third-order valence-electron chi connectivity index (χ3n) is 1.40. The number of hydrogen-bond acceptors (Lipinski definition) is 3. The molecular weight excluding hydrogens is 221 g/mol. The van der Waals surface area contributed by atoms with Crippen molar-refractivity contribution in [1.82, 2.24) is 4.98 Å². The number of hydrogen-bond donors (Lipinski definition) is 1. The van der Waals surface area contributed by atoms with Gasteiger partial charge < -0.3 is 10.1 Å². The lowest BCUT2D eigenvalue weighted by atomic mass is 10.3. The maximum atomic E-state index is 12.1. The fourth-order valence-electron chi connectivity index (χ4n) is 0.788. The van der Waals surface area contributed by atoms with Gasteiger partial charge in [-0.3, -0.25) is 0 Å². The average molecular weight is 224 g/mol. The molecule has 1 N–H and O–H groups in total. The van der Waals surface area contributed by atoms with E-state index in [1.807, 2.05) is 4.98 Å². The zero-order valence-corrected chi connectivity index (χ0v) is 7.28. The Morgan fingerprint density at radius 1 is 1.50 bits per heavy atom. The van der Waals surface area contributed by atoms with Gasteiger partial charge in [-0.2, -0.15) is 13.2 Å². The minimum atomic E-state index is -4.59. The van der Waals surface area contributed by atoms with E-state index in [1.165, 1.54) is 0 Å². The number of aromatic amines is 1. The molecule has 0 aliphatic heterocycles. The van der Waals surface area contributed by atoms with Gasteiger partial charge in [0, 0.05) is 0 Å². The monoisotopic (exact) mass is 224 g/mol. The molecule has 1 aromatic rings. The molecule has 0 fully saturated rings. The lowest BCUT2D eigenvalue weighted by Crippen LogP contribution is -2.07. The number of aromatic nitrogens is 1. The van der Waals surface area contributed by atoms with Crippen molar-refractivity contribution in [2.45, 2.75) is 6.18 Å². The van der Waals surface area contributed by atoms with Gasteiger partial charge in [-0.1, -0.05) is 12.2 Å². The van der Waals surface area contributed by atoms with Gasteiger partial charge in [0.25, 0.3) is 0 Å². The van der Waals surface area contributed by atoms with E-state index in [4.69, 9.17) is 0 Å². The predicted molar refractivity (Wildman–Crippen MR) is 43.3 cm³/mol. The van der Waals surface area contributed by atoms with E-state index in [9.17, 15) is 23.3 Å². The zero-order chi connectivity index (χ0) is 10.9. The van der Waals surface area contributed by atoms with Crippen LogP contribution in [-0.2, 0) is 6.18 Å². The third-order valence-corrected chi connectivity index (χ3v) is 1.74. The maximum absolute atomic E-state index is 12.1. The van der Waals surface area contributed by atoms with Crippen molar-refractivity contribution in [3.63, 3.8) is 0 Å². The van der Waals surface area contributed by atoms with Gasteiger partial charge in [-0.05, 0) is 4.92 Å². The van der Waals surface area contributed by atoms with E-state index >= 15 is 0 Å². The van der Waals surface area contributed by atoms with Gasteiger partial charge in [-0.15, -0.1) is 0 Å². The zero-order valence-electron chi connectivity index (χ0n) is 6.46. The molecule has 14 heavy (non-hydrogen) atoms. The van der Waals surface area contributed by atoms with Crippen LogP contribution >= 0.6 is 12.2 Å². The Bertz CT molecular complexity index is 426. The number of alkyl halides is 3. The molecule has 0 saturated carbocycles. The fraction of sp³-hybridized carbons (Fsp3) is 0.167. The lowest BCUT2D eigenvalue weighted by molar-refractivity contribution is -0.389. The molecule has 0 aromatic carbocycles. The summed E-state index contributed by atoms with van der Waals surface area (Å²) in [6.45, 7) is 0. The van der Waals surface area contributed by atoms with Crippen LogP contribution in [0, 0.1) is 14.6 Å². The molecule has 0 radical (unpaired) electrons. The van der Waals surface area contributed by atoms with Crippen molar-refractivity contribution < 1.29 is 18.1 Å². The van der Waals surface area contributed by atoms with E-state index in [2.05, 4.69) is 12.2 Å². The summed E-state index contributed by atoms with van der Waals surface area (Å²) in [5.41, 5.74) is -1.09. The second-order valence-corrected chi connectivity index (χ2v) is 2.79. The Morgan fingerprint density at radius 2 is 2.07 bits per heavy atom. The van der Waals surface area contributed by atoms with Crippen molar-refractivity contribution >= 4 is 18.0 Å². The van der Waals surface area contributed by atoms with Crippen molar-refractivity contribution in [1.29, 1.82) is 0 Å². The molecule has 0 aliphatic rings. The quantitative estimate of drug-likeness (QED) is 0.453. The molecule has 0 bridgehead atoms. The molecule has 1 aromatic heterocycles. The summed E-state index contributed by atoms with van der Waals surface area (Å²) in [5.74, 6) is -0.567.